The first kappa shape index (κ1) is 16.4. The van der Waals surface area contributed by atoms with Crippen LogP contribution < -0.4 is 13.6 Å². The molecule has 0 N–H and O–H groups in total. The number of para-hydroxylation sites is 3. The normalized spacial score (nSPS) is 31.1. The molecule has 5 nitrogen and oxygen atoms in total. The van der Waals surface area contributed by atoms with E-state index in [1.54, 1.807) is 0 Å². The first-order valence-corrected chi connectivity index (χ1v) is 11.2. The van der Waals surface area contributed by atoms with E-state index < -0.39 is 18.6 Å². The van der Waals surface area contributed by atoms with E-state index >= 15 is 0 Å². The van der Waals surface area contributed by atoms with Gasteiger partial charge in [0.2, 0.25) is 0 Å². The standard InChI is InChI=1S/C22H19O5P/c1-21-17-12-6-8-14-19(17)24-28(27-21,23-16-10-4-3-5-11-16)22(2,26-21)18-13-7-9-15-20(18)25-28/h3-15H,1-2H3/t21?,22-/m0/s1. The minimum absolute atomic E-state index is 0.603. The van der Waals surface area contributed by atoms with Gasteiger partial charge in [-0.05, 0) is 0 Å². The predicted octanol–water partition coefficient (Wildman–Crippen LogP) is 5.86. The quantitative estimate of drug-likeness (QED) is 0.510. The fraction of sp³-hybridized carbons (Fsp3) is 0.182. The molecule has 1 spiro atoms. The average Bonchev–Trinajstić information content (AvgIpc) is 2.97. The molecule has 1 unspecified atom stereocenters. The monoisotopic (exact) mass is 394 g/mol. The summed E-state index contributed by atoms with van der Waals surface area (Å²) in [5.74, 6) is 0.858. The van der Waals surface area contributed by atoms with Crippen LogP contribution in [-0.4, -0.2) is 0 Å². The van der Waals surface area contributed by atoms with Crippen molar-refractivity contribution in [1.82, 2.24) is 0 Å². The van der Waals surface area contributed by atoms with Gasteiger partial charge in [-0.2, -0.15) is 0 Å². The van der Waals surface area contributed by atoms with Crippen molar-refractivity contribution in [3.8, 4) is 17.2 Å². The summed E-state index contributed by atoms with van der Waals surface area (Å²) in [7, 11) is -4.32. The van der Waals surface area contributed by atoms with Gasteiger partial charge in [0.1, 0.15) is 0 Å². The van der Waals surface area contributed by atoms with Gasteiger partial charge < -0.3 is 0 Å². The predicted molar refractivity (Wildman–Crippen MR) is 105 cm³/mol. The Morgan fingerprint density at radius 3 is 2.00 bits per heavy atom. The second kappa shape index (κ2) is 4.87. The Kier molecular flexibility index (Phi) is 2.85. The number of hydrogen-bond donors (Lipinski definition) is 0. The van der Waals surface area contributed by atoms with E-state index in [2.05, 4.69) is 0 Å². The topological polar surface area (TPSA) is 46.2 Å². The second-order valence-corrected chi connectivity index (χ2v) is 10.7. The van der Waals surface area contributed by atoms with Crippen molar-refractivity contribution in [2.75, 3.05) is 0 Å². The van der Waals surface area contributed by atoms with Crippen molar-refractivity contribution in [1.29, 1.82) is 0 Å². The number of fused-ring (bicyclic) bond motifs is 5. The summed E-state index contributed by atoms with van der Waals surface area (Å²) in [5.41, 5.74) is 1.68. The molecule has 1 saturated heterocycles. The molecule has 3 aromatic carbocycles. The molecule has 142 valence electrons. The van der Waals surface area contributed by atoms with Gasteiger partial charge in [-0.3, -0.25) is 0 Å². The Bertz CT molecular complexity index is 1120. The van der Waals surface area contributed by atoms with Gasteiger partial charge in [-0.1, -0.05) is 0 Å². The van der Waals surface area contributed by atoms with Crippen LogP contribution in [-0.2, 0) is 20.4 Å². The SMILES string of the molecule is CC12O[C@]3(C)c4ccccc4OP3(Oc3ccccc3)(Oc3ccccc31)O2. The van der Waals surface area contributed by atoms with E-state index in [0.29, 0.717) is 17.2 Å². The third kappa shape index (κ3) is 1.73. The molecule has 2 bridgehead atoms. The van der Waals surface area contributed by atoms with Gasteiger partial charge >= 0.3 is 163 Å². The summed E-state index contributed by atoms with van der Waals surface area (Å²) >= 11 is 0. The zero-order chi connectivity index (χ0) is 19.1. The number of benzene rings is 3. The van der Waals surface area contributed by atoms with Gasteiger partial charge in [0, 0.05) is 0 Å². The summed E-state index contributed by atoms with van der Waals surface area (Å²) in [5, 5.41) is -1.05. The molecule has 3 heterocycles. The second-order valence-electron chi connectivity index (χ2n) is 7.51. The van der Waals surface area contributed by atoms with E-state index in [-0.39, 0.29) is 0 Å². The van der Waals surface area contributed by atoms with Crippen LogP contribution in [0.1, 0.15) is 25.0 Å². The van der Waals surface area contributed by atoms with Crippen molar-refractivity contribution < 1.29 is 22.8 Å². The van der Waals surface area contributed by atoms with Crippen LogP contribution in [0, 0.1) is 0 Å². The summed E-state index contributed by atoms with van der Waals surface area (Å²) in [4.78, 5) is 0. The molecule has 3 aliphatic heterocycles. The molecule has 3 aliphatic rings. The van der Waals surface area contributed by atoms with Gasteiger partial charge in [0.15, 0.2) is 0 Å². The van der Waals surface area contributed by atoms with Gasteiger partial charge in [-0.15, -0.1) is 0 Å². The third-order valence-electron chi connectivity index (χ3n) is 5.70. The maximum atomic E-state index is 6.66. The molecule has 0 radical (unpaired) electrons. The number of ether oxygens (including phenoxy) is 1. The Morgan fingerprint density at radius 2 is 1.29 bits per heavy atom. The fourth-order valence-corrected chi connectivity index (χ4v) is 8.48. The Labute approximate surface area is 163 Å². The number of rotatable bonds is 2. The molecule has 1 fully saturated rings. The minimum atomic E-state index is -4.32. The van der Waals surface area contributed by atoms with E-state index in [1.807, 2.05) is 92.7 Å². The van der Waals surface area contributed by atoms with E-state index in [0.717, 1.165) is 11.1 Å². The molecule has 0 aromatic heterocycles. The molecule has 6 rings (SSSR count). The Morgan fingerprint density at radius 1 is 0.714 bits per heavy atom. The molecule has 0 aliphatic carbocycles. The van der Waals surface area contributed by atoms with Crippen LogP contribution in [0.2, 0.25) is 0 Å². The van der Waals surface area contributed by atoms with Gasteiger partial charge in [-0.25, -0.2) is 0 Å². The molecule has 0 saturated carbocycles. The molecule has 28 heavy (non-hydrogen) atoms. The van der Waals surface area contributed by atoms with Crippen molar-refractivity contribution in [3.63, 3.8) is 0 Å². The van der Waals surface area contributed by atoms with Crippen molar-refractivity contribution in [2.45, 2.75) is 25.0 Å². The van der Waals surface area contributed by atoms with E-state index in [1.165, 1.54) is 0 Å². The Balaban J connectivity index is 1.66. The molecule has 2 atom stereocenters. The van der Waals surface area contributed by atoms with Crippen molar-refractivity contribution >= 4 is 7.51 Å². The van der Waals surface area contributed by atoms with Crippen molar-refractivity contribution in [3.05, 3.63) is 90.0 Å². The first-order chi connectivity index (χ1) is 13.5. The van der Waals surface area contributed by atoms with Crippen molar-refractivity contribution in [2.24, 2.45) is 0 Å². The van der Waals surface area contributed by atoms with Crippen LogP contribution in [0.15, 0.2) is 78.9 Å². The summed E-state index contributed by atoms with van der Waals surface area (Å²) < 4.78 is 33.1. The molecular weight excluding hydrogens is 375 g/mol. The van der Waals surface area contributed by atoms with Crippen LogP contribution >= 0.6 is 7.51 Å². The molecular formula is C22H19O5P. The number of hydrogen-bond acceptors (Lipinski definition) is 5. The van der Waals surface area contributed by atoms with Crippen LogP contribution in [0.3, 0.4) is 0 Å². The van der Waals surface area contributed by atoms with Crippen LogP contribution in [0.4, 0.5) is 0 Å². The summed E-state index contributed by atoms with van der Waals surface area (Å²) in [6.07, 6.45) is 0. The fourth-order valence-electron chi connectivity index (χ4n) is 4.44. The van der Waals surface area contributed by atoms with Crippen LogP contribution in [0.25, 0.3) is 0 Å². The summed E-state index contributed by atoms with van der Waals surface area (Å²) in [6, 6.07) is 24.9. The zero-order valence-corrected chi connectivity index (χ0v) is 16.4. The Hall–Kier alpha value is -2.59. The van der Waals surface area contributed by atoms with E-state index in [9.17, 15) is 0 Å². The average molecular weight is 394 g/mol. The third-order valence-corrected chi connectivity index (χ3v) is 9.64. The van der Waals surface area contributed by atoms with Crippen LogP contribution in [0.5, 0.6) is 17.2 Å². The van der Waals surface area contributed by atoms with Gasteiger partial charge in [0.05, 0.1) is 0 Å². The summed E-state index contributed by atoms with van der Waals surface area (Å²) in [6.45, 7) is 3.84. The molecule has 0 amide bonds. The maximum absolute atomic E-state index is 6.66. The van der Waals surface area contributed by atoms with E-state index in [4.69, 9.17) is 22.8 Å². The zero-order valence-electron chi connectivity index (χ0n) is 15.5. The first-order valence-electron chi connectivity index (χ1n) is 9.24. The van der Waals surface area contributed by atoms with Gasteiger partial charge in [0.25, 0.3) is 0 Å². The molecule has 3 aromatic rings. The molecule has 6 heteroatoms.